The Kier molecular flexibility index (Phi) is 6.46. The second-order valence-electron chi connectivity index (χ2n) is 8.94. The van der Waals surface area contributed by atoms with Crippen molar-refractivity contribution in [3.8, 4) is 23.0 Å². The monoisotopic (exact) mass is 486 g/mol. The first-order valence-electron chi connectivity index (χ1n) is 12.1. The molecule has 5 rings (SSSR count). The normalized spacial score (nSPS) is 18.8. The molecule has 1 aliphatic carbocycles. The van der Waals surface area contributed by atoms with Gasteiger partial charge in [0.15, 0.2) is 28.8 Å². The number of hydrogen-bond donors (Lipinski definition) is 3. The van der Waals surface area contributed by atoms with Crippen molar-refractivity contribution in [2.45, 2.75) is 31.7 Å². The Morgan fingerprint density at radius 3 is 2.33 bits per heavy atom. The molecule has 7 nitrogen and oxygen atoms in total. The first-order valence-corrected chi connectivity index (χ1v) is 12.1. The van der Waals surface area contributed by atoms with Crippen LogP contribution in [-0.2, 0) is 4.79 Å². The summed E-state index contributed by atoms with van der Waals surface area (Å²) in [5.41, 5.74) is 5.17. The predicted octanol–water partition coefficient (Wildman–Crippen LogP) is 5.79. The Labute approximate surface area is 210 Å². The average Bonchev–Trinajstić information content (AvgIpc) is 3.06. The summed E-state index contributed by atoms with van der Waals surface area (Å²) in [5.74, 6) is 1.82. The Morgan fingerprint density at radius 1 is 0.889 bits per heavy atom. The van der Waals surface area contributed by atoms with Crippen LogP contribution in [0.1, 0.15) is 42.9 Å². The van der Waals surface area contributed by atoms with Crippen molar-refractivity contribution in [1.29, 1.82) is 0 Å². The molecule has 0 aromatic heterocycles. The van der Waals surface area contributed by atoms with Crippen molar-refractivity contribution in [2.24, 2.45) is 0 Å². The fourth-order valence-corrected chi connectivity index (χ4v) is 5.08. The molecule has 0 saturated carbocycles. The minimum Gasteiger partial charge on any atom is -0.504 e. The van der Waals surface area contributed by atoms with E-state index < -0.39 is 6.04 Å². The molecule has 186 valence electrons. The van der Waals surface area contributed by atoms with Crippen molar-refractivity contribution in [3.63, 3.8) is 0 Å². The number of ether oxygens (including phenoxy) is 3. The third kappa shape index (κ3) is 4.33. The molecule has 0 bridgehead atoms. The van der Waals surface area contributed by atoms with E-state index in [0.717, 1.165) is 28.2 Å². The van der Waals surface area contributed by atoms with Crippen LogP contribution >= 0.6 is 0 Å². The molecule has 0 saturated heterocycles. The van der Waals surface area contributed by atoms with Crippen molar-refractivity contribution in [2.75, 3.05) is 31.5 Å². The maximum Gasteiger partial charge on any atom is 0.163 e. The number of rotatable bonds is 6. The van der Waals surface area contributed by atoms with E-state index >= 15 is 0 Å². The molecule has 36 heavy (non-hydrogen) atoms. The van der Waals surface area contributed by atoms with Crippen LogP contribution in [0.15, 0.2) is 71.9 Å². The van der Waals surface area contributed by atoms with Gasteiger partial charge in [-0.05, 0) is 66.8 Å². The maximum atomic E-state index is 13.8. The highest BCUT2D eigenvalue weighted by Gasteiger charge is 2.36. The number of hydrogen-bond acceptors (Lipinski definition) is 7. The van der Waals surface area contributed by atoms with Crippen LogP contribution in [0.4, 0.5) is 11.4 Å². The fraction of sp³-hybridized carbons (Fsp3) is 0.276. The van der Waals surface area contributed by atoms with Gasteiger partial charge in [-0.3, -0.25) is 4.79 Å². The van der Waals surface area contributed by atoms with Gasteiger partial charge in [0, 0.05) is 17.7 Å². The molecule has 0 amide bonds. The highest BCUT2D eigenvalue weighted by molar-refractivity contribution is 6.01. The van der Waals surface area contributed by atoms with Gasteiger partial charge < -0.3 is 30.0 Å². The molecule has 0 spiro atoms. The van der Waals surface area contributed by atoms with Crippen LogP contribution in [-0.4, -0.2) is 31.7 Å². The second kappa shape index (κ2) is 9.85. The van der Waals surface area contributed by atoms with Crippen LogP contribution in [0.25, 0.3) is 0 Å². The Bertz CT molecular complexity index is 1330. The van der Waals surface area contributed by atoms with E-state index in [4.69, 9.17) is 14.2 Å². The highest BCUT2D eigenvalue weighted by Crippen LogP contribution is 2.46. The number of carbonyl (C=O) groups is 1. The van der Waals surface area contributed by atoms with E-state index in [1.165, 1.54) is 7.11 Å². The molecular formula is C29H30N2O5. The summed E-state index contributed by atoms with van der Waals surface area (Å²) in [6, 6.07) is 18.6. The van der Waals surface area contributed by atoms with Gasteiger partial charge in [-0.1, -0.05) is 24.3 Å². The summed E-state index contributed by atoms with van der Waals surface area (Å²) in [4.78, 5) is 13.8. The molecule has 1 aliphatic heterocycles. The topological polar surface area (TPSA) is 89.1 Å². The summed E-state index contributed by atoms with van der Waals surface area (Å²) in [7, 11) is 3.14. The quantitative estimate of drug-likeness (QED) is 0.406. The smallest absolute Gasteiger partial charge is 0.163 e. The summed E-state index contributed by atoms with van der Waals surface area (Å²) in [6.07, 6.45) is 1.03. The van der Waals surface area contributed by atoms with E-state index in [1.54, 1.807) is 19.2 Å². The molecule has 0 unspecified atom stereocenters. The Hall–Kier alpha value is -4.13. The number of allylic oxidation sites excluding steroid dienone is 1. The van der Waals surface area contributed by atoms with Gasteiger partial charge in [-0.15, -0.1) is 0 Å². The van der Waals surface area contributed by atoms with E-state index in [2.05, 4.69) is 10.6 Å². The number of methoxy groups -OCH3 is 2. The van der Waals surface area contributed by atoms with Gasteiger partial charge in [0.05, 0.1) is 38.2 Å². The largest absolute Gasteiger partial charge is 0.504 e. The zero-order chi connectivity index (χ0) is 25.2. The Morgan fingerprint density at radius 2 is 1.61 bits per heavy atom. The number of benzene rings is 3. The van der Waals surface area contributed by atoms with E-state index in [0.29, 0.717) is 42.3 Å². The van der Waals surface area contributed by atoms with Gasteiger partial charge >= 0.3 is 0 Å². The number of Topliss-reactive ketones (excluding diaryl/α,β-unsaturated/α-hetero) is 1. The molecule has 3 aromatic carbocycles. The van der Waals surface area contributed by atoms with Crippen LogP contribution in [0.3, 0.4) is 0 Å². The molecule has 1 heterocycles. The summed E-state index contributed by atoms with van der Waals surface area (Å²) < 4.78 is 16.4. The SMILES string of the molecule is CCOc1ccc([C@@H]2CC(=O)C3=C(C2)Nc2ccccc2N[C@@H]3c2ccc(OC)c(O)c2)cc1OC. The average molecular weight is 487 g/mol. The second-order valence-corrected chi connectivity index (χ2v) is 8.94. The zero-order valence-electron chi connectivity index (χ0n) is 20.6. The molecule has 3 N–H and O–H groups in total. The summed E-state index contributed by atoms with van der Waals surface area (Å²) in [6.45, 7) is 2.48. The Balaban J connectivity index is 1.56. The third-order valence-corrected chi connectivity index (χ3v) is 6.80. The lowest BCUT2D eigenvalue weighted by molar-refractivity contribution is -0.116. The lowest BCUT2D eigenvalue weighted by Gasteiger charge is -2.30. The van der Waals surface area contributed by atoms with E-state index in [9.17, 15) is 9.90 Å². The number of fused-ring (bicyclic) bond motifs is 1. The van der Waals surface area contributed by atoms with Gasteiger partial charge in [0.2, 0.25) is 0 Å². The van der Waals surface area contributed by atoms with Crippen molar-refractivity contribution in [3.05, 3.63) is 83.1 Å². The van der Waals surface area contributed by atoms with Gasteiger partial charge in [-0.2, -0.15) is 0 Å². The number of anilines is 2. The number of aromatic hydroxyl groups is 1. The number of phenolic OH excluding ortho intramolecular Hbond substituents is 1. The number of nitrogens with one attached hydrogen (secondary N) is 2. The van der Waals surface area contributed by atoms with Crippen LogP contribution in [0.2, 0.25) is 0 Å². The standard InChI is InChI=1S/C29H30N2O5/c1-4-36-26-12-9-17(16-27(26)35-3)19-13-22-28(24(33)15-19)29(18-10-11-25(34-2)23(32)14-18)31-21-8-6-5-7-20(21)30-22/h5-12,14,16,19,29-32H,4,13,15H2,1-3H3/t19-,29+/m0/s1. The number of para-hydroxylation sites is 2. The lowest BCUT2D eigenvalue weighted by atomic mass is 9.78. The first-order chi connectivity index (χ1) is 17.5. The summed E-state index contributed by atoms with van der Waals surface area (Å²) in [5, 5.41) is 17.5. The maximum absolute atomic E-state index is 13.8. The summed E-state index contributed by atoms with van der Waals surface area (Å²) >= 11 is 0. The number of ketones is 1. The van der Waals surface area contributed by atoms with Crippen LogP contribution in [0, 0.1) is 0 Å². The molecule has 3 aromatic rings. The van der Waals surface area contributed by atoms with Crippen LogP contribution < -0.4 is 24.8 Å². The van der Waals surface area contributed by atoms with Crippen molar-refractivity contribution < 1.29 is 24.1 Å². The lowest BCUT2D eigenvalue weighted by Crippen LogP contribution is -2.26. The third-order valence-electron chi connectivity index (χ3n) is 6.80. The highest BCUT2D eigenvalue weighted by atomic mass is 16.5. The van der Waals surface area contributed by atoms with Gasteiger partial charge in [-0.25, -0.2) is 0 Å². The molecular weight excluding hydrogens is 456 g/mol. The minimum atomic E-state index is -0.420. The van der Waals surface area contributed by atoms with E-state index in [1.807, 2.05) is 55.5 Å². The van der Waals surface area contributed by atoms with Gasteiger partial charge in [0.1, 0.15) is 0 Å². The van der Waals surface area contributed by atoms with E-state index in [-0.39, 0.29) is 17.5 Å². The number of carbonyl (C=O) groups excluding carboxylic acids is 1. The van der Waals surface area contributed by atoms with Gasteiger partial charge in [0.25, 0.3) is 0 Å². The molecule has 0 radical (unpaired) electrons. The predicted molar refractivity (Wildman–Crippen MR) is 139 cm³/mol. The molecule has 0 fully saturated rings. The molecule has 2 aliphatic rings. The van der Waals surface area contributed by atoms with Crippen LogP contribution in [0.5, 0.6) is 23.0 Å². The number of phenols is 1. The van der Waals surface area contributed by atoms with Crippen molar-refractivity contribution in [1.82, 2.24) is 0 Å². The molecule has 2 atom stereocenters. The molecule has 7 heteroatoms. The minimum absolute atomic E-state index is 0.0106. The van der Waals surface area contributed by atoms with Crippen molar-refractivity contribution >= 4 is 17.2 Å². The fourth-order valence-electron chi connectivity index (χ4n) is 5.08. The first kappa shape index (κ1) is 23.6. The zero-order valence-corrected chi connectivity index (χ0v) is 20.6.